The van der Waals surface area contributed by atoms with Gasteiger partial charge in [-0.2, -0.15) is 5.26 Å². The fraction of sp³-hybridized carbons (Fsp3) is 0.500. The maximum Gasteiger partial charge on any atom is 0.261 e. The third kappa shape index (κ3) is 5.69. The Morgan fingerprint density at radius 1 is 1.32 bits per heavy atom. The molecule has 1 aliphatic heterocycles. The van der Waals surface area contributed by atoms with Crippen molar-refractivity contribution in [3.8, 4) is 11.8 Å². The van der Waals surface area contributed by atoms with Crippen molar-refractivity contribution in [1.29, 1.82) is 5.26 Å². The van der Waals surface area contributed by atoms with Crippen LogP contribution in [0.15, 0.2) is 24.3 Å². The van der Waals surface area contributed by atoms with Crippen LogP contribution in [0.2, 0.25) is 0 Å². The molecule has 25 heavy (non-hydrogen) atoms. The Balaban J connectivity index is 1.89. The summed E-state index contributed by atoms with van der Waals surface area (Å²) in [5.41, 5.74) is 0.492. The molecule has 0 aliphatic carbocycles. The van der Waals surface area contributed by atoms with E-state index in [1.54, 1.807) is 12.1 Å². The quantitative estimate of drug-likeness (QED) is 0.783. The van der Waals surface area contributed by atoms with Crippen molar-refractivity contribution >= 4 is 23.2 Å². The van der Waals surface area contributed by atoms with Crippen molar-refractivity contribution in [2.24, 2.45) is 0 Å². The molecule has 0 spiro atoms. The van der Waals surface area contributed by atoms with Crippen molar-refractivity contribution in [2.45, 2.75) is 19.8 Å². The van der Waals surface area contributed by atoms with Crippen LogP contribution in [-0.4, -0.2) is 60.2 Å². The molecule has 2 rings (SSSR count). The third-order valence-electron chi connectivity index (χ3n) is 4.01. The highest BCUT2D eigenvalue weighted by Crippen LogP contribution is 2.18. The van der Waals surface area contributed by atoms with Crippen LogP contribution in [0.5, 0.6) is 5.75 Å². The van der Waals surface area contributed by atoms with Crippen molar-refractivity contribution in [1.82, 2.24) is 15.1 Å². The average molecular weight is 360 g/mol. The van der Waals surface area contributed by atoms with E-state index in [1.165, 1.54) is 0 Å². The van der Waals surface area contributed by atoms with E-state index < -0.39 is 0 Å². The summed E-state index contributed by atoms with van der Waals surface area (Å²) >= 11 is 5.39. The Labute approximate surface area is 154 Å². The molecule has 6 nitrogen and oxygen atoms in total. The van der Waals surface area contributed by atoms with Crippen molar-refractivity contribution in [2.75, 3.05) is 39.3 Å². The molecule has 0 radical (unpaired) electrons. The Bertz CT molecular complexity index is 636. The third-order valence-corrected chi connectivity index (χ3v) is 4.37. The SMILES string of the molecule is CCCOc1ccccc1C(=O)NC(=S)N1CCN(CCC#N)CC1. The van der Waals surface area contributed by atoms with Crippen LogP contribution in [0.1, 0.15) is 30.1 Å². The molecule has 1 amide bonds. The lowest BCUT2D eigenvalue weighted by atomic mass is 10.2. The number of thiocarbonyl (C=S) groups is 1. The molecule has 0 unspecified atom stereocenters. The fourth-order valence-corrected chi connectivity index (χ4v) is 2.89. The molecular weight excluding hydrogens is 336 g/mol. The van der Waals surface area contributed by atoms with E-state index in [9.17, 15) is 4.79 Å². The van der Waals surface area contributed by atoms with Gasteiger partial charge in [-0.05, 0) is 30.8 Å². The van der Waals surface area contributed by atoms with Crippen LogP contribution in [0.25, 0.3) is 0 Å². The normalized spacial score (nSPS) is 14.6. The van der Waals surface area contributed by atoms with Gasteiger partial charge in [-0.3, -0.25) is 15.0 Å². The first-order valence-electron chi connectivity index (χ1n) is 8.57. The van der Waals surface area contributed by atoms with Crippen LogP contribution in [0.4, 0.5) is 0 Å². The van der Waals surface area contributed by atoms with Gasteiger partial charge in [0.25, 0.3) is 5.91 Å². The molecule has 1 N–H and O–H groups in total. The molecule has 1 saturated heterocycles. The second-order valence-electron chi connectivity index (χ2n) is 5.84. The van der Waals surface area contributed by atoms with E-state index in [0.29, 0.717) is 29.5 Å². The molecule has 1 aromatic rings. The maximum atomic E-state index is 12.5. The van der Waals surface area contributed by atoms with Crippen LogP contribution in [-0.2, 0) is 0 Å². The number of carbonyl (C=O) groups excluding carboxylic acids is 1. The average Bonchev–Trinajstić information content (AvgIpc) is 2.65. The molecule has 7 heteroatoms. The summed E-state index contributed by atoms with van der Waals surface area (Å²) in [6.07, 6.45) is 1.42. The standard InChI is InChI=1S/C18H24N4O2S/c1-2-14-24-16-7-4-3-6-15(16)17(23)20-18(25)22-12-10-21(11-13-22)9-5-8-19/h3-4,6-7H,2,5,9-14H2,1H3,(H,20,23,25). The lowest BCUT2D eigenvalue weighted by molar-refractivity contribution is 0.0965. The summed E-state index contributed by atoms with van der Waals surface area (Å²) in [4.78, 5) is 16.8. The summed E-state index contributed by atoms with van der Waals surface area (Å²) in [5, 5.41) is 11.9. The molecule has 0 aromatic heterocycles. The second kappa shape index (κ2) is 9.97. The molecule has 1 aromatic carbocycles. The van der Waals surface area contributed by atoms with Gasteiger partial charge in [-0.1, -0.05) is 19.1 Å². The molecule has 1 fully saturated rings. The zero-order valence-electron chi connectivity index (χ0n) is 14.5. The molecule has 1 heterocycles. The fourth-order valence-electron chi connectivity index (χ4n) is 2.62. The monoisotopic (exact) mass is 360 g/mol. The number of para-hydroxylation sites is 1. The number of benzene rings is 1. The zero-order chi connectivity index (χ0) is 18.1. The summed E-state index contributed by atoms with van der Waals surface area (Å²) in [6, 6.07) is 9.35. The van der Waals surface area contributed by atoms with Crippen LogP contribution < -0.4 is 10.1 Å². The minimum atomic E-state index is -0.247. The summed E-state index contributed by atoms with van der Waals surface area (Å²) in [6.45, 7) is 6.55. The molecule has 134 valence electrons. The van der Waals surface area contributed by atoms with E-state index in [4.69, 9.17) is 22.2 Å². The first kappa shape index (κ1) is 19.2. The topological polar surface area (TPSA) is 68.6 Å². The van der Waals surface area contributed by atoms with E-state index in [2.05, 4.69) is 16.3 Å². The van der Waals surface area contributed by atoms with E-state index in [1.807, 2.05) is 24.0 Å². The Hall–Kier alpha value is -2.17. The van der Waals surface area contributed by atoms with E-state index >= 15 is 0 Å². The van der Waals surface area contributed by atoms with E-state index in [-0.39, 0.29) is 5.91 Å². The predicted octanol–water partition coefficient (Wildman–Crippen LogP) is 2.02. The van der Waals surface area contributed by atoms with Gasteiger partial charge >= 0.3 is 0 Å². The van der Waals surface area contributed by atoms with Crippen LogP contribution >= 0.6 is 12.2 Å². The smallest absolute Gasteiger partial charge is 0.261 e. The number of piperazine rings is 1. The Morgan fingerprint density at radius 2 is 2.04 bits per heavy atom. The maximum absolute atomic E-state index is 12.5. The van der Waals surface area contributed by atoms with Gasteiger partial charge in [0.05, 0.1) is 18.2 Å². The number of amides is 1. The molecule has 0 bridgehead atoms. The molecule has 1 aliphatic rings. The van der Waals surface area contributed by atoms with Crippen molar-refractivity contribution in [3.63, 3.8) is 0 Å². The van der Waals surface area contributed by atoms with Gasteiger partial charge in [0, 0.05) is 39.1 Å². The Kier molecular flexibility index (Phi) is 7.64. The van der Waals surface area contributed by atoms with Gasteiger partial charge in [0.2, 0.25) is 0 Å². The number of hydrogen-bond acceptors (Lipinski definition) is 5. The number of ether oxygens (including phenoxy) is 1. The lowest BCUT2D eigenvalue weighted by Crippen LogP contribution is -2.52. The number of carbonyl (C=O) groups is 1. The molecule has 0 atom stereocenters. The molecule has 0 saturated carbocycles. The number of rotatable bonds is 6. The Morgan fingerprint density at radius 3 is 2.72 bits per heavy atom. The summed E-state index contributed by atoms with van der Waals surface area (Å²) in [7, 11) is 0. The first-order valence-corrected chi connectivity index (χ1v) is 8.98. The van der Waals surface area contributed by atoms with Crippen LogP contribution in [0, 0.1) is 11.3 Å². The molecular formula is C18H24N4O2S. The van der Waals surface area contributed by atoms with Crippen molar-refractivity contribution < 1.29 is 9.53 Å². The van der Waals surface area contributed by atoms with Gasteiger partial charge in [0.15, 0.2) is 5.11 Å². The zero-order valence-corrected chi connectivity index (χ0v) is 15.3. The largest absolute Gasteiger partial charge is 0.493 e. The van der Waals surface area contributed by atoms with Gasteiger partial charge < -0.3 is 9.64 Å². The second-order valence-corrected chi connectivity index (χ2v) is 6.23. The highest BCUT2D eigenvalue weighted by molar-refractivity contribution is 7.80. The summed E-state index contributed by atoms with van der Waals surface area (Å²) in [5.74, 6) is 0.328. The number of nitrogens with zero attached hydrogens (tertiary/aromatic N) is 3. The van der Waals surface area contributed by atoms with Crippen LogP contribution in [0.3, 0.4) is 0 Å². The highest BCUT2D eigenvalue weighted by Gasteiger charge is 2.21. The number of nitrogens with one attached hydrogen (secondary N) is 1. The van der Waals surface area contributed by atoms with Crippen molar-refractivity contribution in [3.05, 3.63) is 29.8 Å². The minimum Gasteiger partial charge on any atom is -0.493 e. The number of hydrogen-bond donors (Lipinski definition) is 1. The summed E-state index contributed by atoms with van der Waals surface area (Å²) < 4.78 is 5.64. The van der Waals surface area contributed by atoms with Gasteiger partial charge in [-0.25, -0.2) is 0 Å². The highest BCUT2D eigenvalue weighted by atomic mass is 32.1. The predicted molar refractivity (Wildman–Crippen MR) is 101 cm³/mol. The van der Waals surface area contributed by atoms with Gasteiger partial charge in [-0.15, -0.1) is 0 Å². The van der Waals surface area contributed by atoms with Gasteiger partial charge in [0.1, 0.15) is 5.75 Å². The minimum absolute atomic E-state index is 0.247. The number of nitriles is 1. The van der Waals surface area contributed by atoms with E-state index in [0.717, 1.165) is 39.1 Å². The lowest BCUT2D eigenvalue weighted by Gasteiger charge is -2.35. The first-order chi connectivity index (χ1) is 12.2.